The predicted molar refractivity (Wildman–Crippen MR) is 45.9 cm³/mol. The highest BCUT2D eigenvalue weighted by Crippen LogP contribution is 2.06. The van der Waals surface area contributed by atoms with Crippen LogP contribution in [0.5, 0.6) is 0 Å². The Morgan fingerprint density at radius 1 is 1.62 bits per heavy atom. The molecule has 0 aromatic carbocycles. The number of nitrogens with zero attached hydrogens (tertiary/aromatic N) is 2. The Hall–Kier alpha value is -1.52. The molecule has 0 atom stereocenters. The lowest BCUT2D eigenvalue weighted by Crippen LogP contribution is -2.34. The zero-order valence-corrected chi connectivity index (χ0v) is 7.52. The van der Waals surface area contributed by atoms with E-state index in [2.05, 4.69) is 6.58 Å². The van der Waals surface area contributed by atoms with Crippen molar-refractivity contribution in [2.75, 3.05) is 26.7 Å². The zero-order valence-electron chi connectivity index (χ0n) is 7.52. The molecule has 0 saturated carbocycles. The van der Waals surface area contributed by atoms with Crippen LogP contribution in [0.15, 0.2) is 12.8 Å². The van der Waals surface area contributed by atoms with E-state index in [1.165, 1.54) is 16.1 Å². The molecule has 0 aliphatic carbocycles. The molecule has 0 spiro atoms. The van der Waals surface area contributed by atoms with Gasteiger partial charge in [-0.3, -0.25) is 9.69 Å². The minimum Gasteiger partial charge on any atom is -0.500 e. The van der Waals surface area contributed by atoms with Gasteiger partial charge in [0, 0.05) is 7.05 Å². The van der Waals surface area contributed by atoms with E-state index in [0.29, 0.717) is 6.61 Å². The van der Waals surface area contributed by atoms with Crippen molar-refractivity contribution in [1.29, 1.82) is 0 Å². The highest BCUT2D eigenvalue weighted by molar-refractivity contribution is 6.01. The molecule has 0 radical (unpaired) electrons. The first kappa shape index (κ1) is 9.57. The number of ether oxygens (including phenoxy) is 1. The Balaban J connectivity index is 2.44. The molecule has 1 fully saturated rings. The van der Waals surface area contributed by atoms with Crippen molar-refractivity contribution in [2.45, 2.75) is 0 Å². The average molecular weight is 184 g/mol. The van der Waals surface area contributed by atoms with Gasteiger partial charge in [0.25, 0.3) is 0 Å². The van der Waals surface area contributed by atoms with E-state index in [9.17, 15) is 9.59 Å². The fourth-order valence-corrected chi connectivity index (χ4v) is 1.12. The summed E-state index contributed by atoms with van der Waals surface area (Å²) in [5.74, 6) is -0.180. The van der Waals surface area contributed by atoms with Crippen LogP contribution in [0.1, 0.15) is 0 Å². The maximum absolute atomic E-state index is 11.3. The SMILES string of the molecule is C=COCCN1C(=O)CN(C)C1=O. The van der Waals surface area contributed by atoms with Crippen LogP contribution in [0.4, 0.5) is 4.79 Å². The normalized spacial score (nSPS) is 16.7. The smallest absolute Gasteiger partial charge is 0.327 e. The number of amides is 3. The van der Waals surface area contributed by atoms with Gasteiger partial charge in [-0.2, -0.15) is 0 Å². The summed E-state index contributed by atoms with van der Waals surface area (Å²) in [5.41, 5.74) is 0. The molecule has 0 bridgehead atoms. The fraction of sp³-hybridized carbons (Fsp3) is 0.500. The second kappa shape index (κ2) is 3.93. The number of urea groups is 1. The molecule has 1 aliphatic heterocycles. The lowest BCUT2D eigenvalue weighted by molar-refractivity contribution is -0.125. The minimum atomic E-state index is -0.266. The Kier molecular flexibility index (Phi) is 2.89. The van der Waals surface area contributed by atoms with E-state index in [1.807, 2.05) is 0 Å². The first-order valence-electron chi connectivity index (χ1n) is 3.94. The summed E-state index contributed by atoms with van der Waals surface area (Å²) in [6.07, 6.45) is 1.29. The van der Waals surface area contributed by atoms with Gasteiger partial charge in [0.2, 0.25) is 5.91 Å². The van der Waals surface area contributed by atoms with Crippen LogP contribution in [0.2, 0.25) is 0 Å². The Bertz CT molecular complexity index is 240. The molecule has 5 nitrogen and oxygen atoms in total. The third-order valence-corrected chi connectivity index (χ3v) is 1.78. The van der Waals surface area contributed by atoms with Crippen molar-refractivity contribution in [3.63, 3.8) is 0 Å². The van der Waals surface area contributed by atoms with Crippen molar-refractivity contribution in [3.8, 4) is 0 Å². The van der Waals surface area contributed by atoms with Crippen molar-refractivity contribution in [2.24, 2.45) is 0 Å². The largest absolute Gasteiger partial charge is 0.500 e. The van der Waals surface area contributed by atoms with E-state index < -0.39 is 0 Å². The predicted octanol–water partition coefficient (Wildman–Crippen LogP) is 0.0405. The average Bonchev–Trinajstić information content (AvgIpc) is 2.32. The van der Waals surface area contributed by atoms with Crippen LogP contribution >= 0.6 is 0 Å². The molecule has 72 valence electrons. The van der Waals surface area contributed by atoms with Gasteiger partial charge < -0.3 is 9.64 Å². The summed E-state index contributed by atoms with van der Waals surface area (Å²) >= 11 is 0. The molecule has 1 heterocycles. The summed E-state index contributed by atoms with van der Waals surface area (Å²) in [6, 6.07) is -0.266. The number of likely N-dealkylation sites (N-methyl/N-ethyl adjacent to an activating group) is 1. The van der Waals surface area contributed by atoms with E-state index in [-0.39, 0.29) is 25.0 Å². The second-order valence-electron chi connectivity index (χ2n) is 2.72. The molecule has 13 heavy (non-hydrogen) atoms. The van der Waals surface area contributed by atoms with Crippen LogP contribution in [-0.2, 0) is 9.53 Å². The molecule has 0 N–H and O–H groups in total. The van der Waals surface area contributed by atoms with E-state index in [1.54, 1.807) is 7.05 Å². The van der Waals surface area contributed by atoms with Crippen molar-refractivity contribution in [3.05, 3.63) is 12.8 Å². The van der Waals surface area contributed by atoms with Gasteiger partial charge >= 0.3 is 6.03 Å². The molecule has 5 heteroatoms. The summed E-state index contributed by atoms with van der Waals surface area (Å²) in [5, 5.41) is 0. The van der Waals surface area contributed by atoms with Gasteiger partial charge in [0.15, 0.2) is 0 Å². The minimum absolute atomic E-state index is 0.160. The van der Waals surface area contributed by atoms with Crippen LogP contribution in [0.3, 0.4) is 0 Å². The third-order valence-electron chi connectivity index (χ3n) is 1.78. The first-order valence-corrected chi connectivity index (χ1v) is 3.94. The lowest BCUT2D eigenvalue weighted by atomic mass is 10.5. The van der Waals surface area contributed by atoms with E-state index in [0.717, 1.165) is 0 Å². The van der Waals surface area contributed by atoms with E-state index in [4.69, 9.17) is 4.74 Å². The summed E-state index contributed by atoms with van der Waals surface area (Å²) in [4.78, 5) is 25.0. The Morgan fingerprint density at radius 2 is 2.31 bits per heavy atom. The van der Waals surface area contributed by atoms with Gasteiger partial charge in [0.05, 0.1) is 12.8 Å². The van der Waals surface area contributed by atoms with Gasteiger partial charge in [-0.05, 0) is 0 Å². The number of hydrogen-bond donors (Lipinski definition) is 0. The number of carbonyl (C=O) groups is 2. The van der Waals surface area contributed by atoms with Gasteiger partial charge in [-0.25, -0.2) is 4.79 Å². The molecule has 1 rings (SSSR count). The molecule has 0 aromatic rings. The summed E-state index contributed by atoms with van der Waals surface area (Å²) in [7, 11) is 1.59. The highest BCUT2D eigenvalue weighted by Gasteiger charge is 2.32. The summed E-state index contributed by atoms with van der Waals surface area (Å²) < 4.78 is 4.83. The zero-order chi connectivity index (χ0) is 9.84. The first-order chi connectivity index (χ1) is 6.16. The monoisotopic (exact) mass is 184 g/mol. The maximum Gasteiger partial charge on any atom is 0.327 e. The molecule has 0 aromatic heterocycles. The lowest BCUT2D eigenvalue weighted by Gasteiger charge is -2.12. The quantitative estimate of drug-likeness (QED) is 0.352. The molecule has 1 aliphatic rings. The van der Waals surface area contributed by atoms with Gasteiger partial charge in [-0.1, -0.05) is 6.58 Å². The number of rotatable bonds is 4. The van der Waals surface area contributed by atoms with Crippen molar-refractivity contribution < 1.29 is 14.3 Å². The van der Waals surface area contributed by atoms with Crippen LogP contribution in [0.25, 0.3) is 0 Å². The van der Waals surface area contributed by atoms with E-state index >= 15 is 0 Å². The highest BCUT2D eigenvalue weighted by atomic mass is 16.5. The molecular weight excluding hydrogens is 172 g/mol. The van der Waals surface area contributed by atoms with Crippen LogP contribution in [0, 0.1) is 0 Å². The van der Waals surface area contributed by atoms with Crippen LogP contribution < -0.4 is 0 Å². The summed E-state index contributed by atoms with van der Waals surface area (Å²) in [6.45, 7) is 4.10. The van der Waals surface area contributed by atoms with Gasteiger partial charge in [0.1, 0.15) is 13.2 Å². The molecule has 1 saturated heterocycles. The Morgan fingerprint density at radius 3 is 2.77 bits per heavy atom. The number of carbonyl (C=O) groups excluding carboxylic acids is 2. The Labute approximate surface area is 76.6 Å². The fourth-order valence-electron chi connectivity index (χ4n) is 1.12. The molecule has 3 amide bonds. The molecular formula is C8H12N2O3. The molecule has 0 unspecified atom stereocenters. The number of imide groups is 1. The van der Waals surface area contributed by atoms with Crippen LogP contribution in [-0.4, -0.2) is 48.5 Å². The standard InChI is InChI=1S/C8H12N2O3/c1-3-13-5-4-10-7(11)6-9(2)8(10)12/h3H,1,4-6H2,2H3. The van der Waals surface area contributed by atoms with Crippen molar-refractivity contribution in [1.82, 2.24) is 9.80 Å². The van der Waals surface area contributed by atoms with Gasteiger partial charge in [-0.15, -0.1) is 0 Å². The number of hydrogen-bond acceptors (Lipinski definition) is 3. The van der Waals surface area contributed by atoms with Crippen molar-refractivity contribution >= 4 is 11.9 Å². The topological polar surface area (TPSA) is 49.9 Å². The third kappa shape index (κ3) is 1.99. The second-order valence-corrected chi connectivity index (χ2v) is 2.72. The maximum atomic E-state index is 11.3.